The maximum atomic E-state index is 12.0. The molecule has 0 unspecified atom stereocenters. The van der Waals surface area contributed by atoms with Crippen molar-refractivity contribution < 1.29 is 0 Å². The number of hydrogen-bond donors (Lipinski definition) is 0. The summed E-state index contributed by atoms with van der Waals surface area (Å²) in [5, 5.41) is 0. The molecule has 1 rings (SSSR count). The highest BCUT2D eigenvalue weighted by Crippen LogP contribution is 2.23. The van der Waals surface area contributed by atoms with Gasteiger partial charge in [0.25, 0.3) is 0 Å². The molecule has 1 aromatic rings. The molecule has 0 bridgehead atoms. The van der Waals surface area contributed by atoms with E-state index in [4.69, 9.17) is 0 Å². The highest BCUT2D eigenvalue weighted by Gasteiger charge is 2.29. The third-order valence-corrected chi connectivity index (χ3v) is 5.19. The van der Waals surface area contributed by atoms with E-state index in [1.54, 1.807) is 7.91 Å². The second-order valence-electron chi connectivity index (χ2n) is 5.61. The molecule has 0 N–H and O–H groups in total. The Morgan fingerprint density at radius 2 is 1.18 bits per heavy atom. The Bertz CT molecular complexity index is 461. The maximum Gasteiger partial charge on any atom is 0.328 e. The highest BCUT2D eigenvalue weighted by atomic mass is 32.1. The highest BCUT2D eigenvalue weighted by molar-refractivity contribution is 7.00. The Morgan fingerprint density at radius 1 is 0.882 bits per heavy atom. The van der Waals surface area contributed by atoms with Crippen LogP contribution in [0.3, 0.4) is 0 Å². The first-order valence-corrected chi connectivity index (χ1v) is 6.77. The van der Waals surface area contributed by atoms with Crippen LogP contribution in [0.25, 0.3) is 0 Å². The Balaban J connectivity index is 3.48. The summed E-state index contributed by atoms with van der Waals surface area (Å²) in [6, 6.07) is 0. The van der Waals surface area contributed by atoms with E-state index in [-0.39, 0.29) is 11.1 Å². The van der Waals surface area contributed by atoms with Gasteiger partial charge in [0, 0.05) is 11.7 Å². The molecule has 0 fully saturated rings. The quantitative estimate of drug-likeness (QED) is 0.778. The second kappa shape index (κ2) is 4.44. The molecule has 98 valence electrons. The van der Waals surface area contributed by atoms with E-state index in [9.17, 15) is 9.59 Å². The van der Waals surface area contributed by atoms with E-state index in [2.05, 4.69) is 0 Å². The molecule has 0 amide bonds. The van der Waals surface area contributed by atoms with E-state index in [1.807, 2.05) is 41.5 Å². The van der Waals surface area contributed by atoms with E-state index >= 15 is 0 Å². The minimum absolute atomic E-state index is 0.296. The van der Waals surface area contributed by atoms with Gasteiger partial charge in [-0.1, -0.05) is 13.8 Å². The van der Waals surface area contributed by atoms with Crippen molar-refractivity contribution in [3.63, 3.8) is 0 Å². The normalized spacial score (nSPS) is 13.1. The van der Waals surface area contributed by atoms with E-state index in [1.165, 1.54) is 11.7 Å². The van der Waals surface area contributed by atoms with Crippen LogP contribution in [0.5, 0.6) is 0 Å². The van der Waals surface area contributed by atoms with Crippen molar-refractivity contribution in [2.75, 3.05) is 0 Å². The van der Waals surface area contributed by atoms with Crippen molar-refractivity contribution in [1.29, 1.82) is 0 Å². The first-order chi connectivity index (χ1) is 7.67. The summed E-state index contributed by atoms with van der Waals surface area (Å²) in [5.41, 5.74) is -1.39. The van der Waals surface area contributed by atoms with Crippen LogP contribution >= 0.6 is 11.7 Å². The Labute approximate surface area is 106 Å². The topological polar surface area (TPSA) is 44.0 Å². The molecule has 0 aliphatic carbocycles. The molecule has 1 heterocycles. The van der Waals surface area contributed by atoms with Crippen molar-refractivity contribution in [2.45, 2.75) is 65.5 Å². The molecule has 0 radical (unpaired) electrons. The van der Waals surface area contributed by atoms with Crippen LogP contribution in [-0.4, -0.2) is 7.91 Å². The lowest BCUT2D eigenvalue weighted by molar-refractivity contribution is 0.357. The standard InChI is InChI=1S/C12H22N2O2S/c1-7-11(3,4)13-9(15)10(16)14(17-13)12(5,6)8-2/h7-8H2,1-6H3. The van der Waals surface area contributed by atoms with Gasteiger partial charge in [-0.25, -0.2) is 7.91 Å². The monoisotopic (exact) mass is 258 g/mol. The van der Waals surface area contributed by atoms with Gasteiger partial charge in [0.15, 0.2) is 0 Å². The molecular formula is C12H22N2O2S. The minimum atomic E-state index is -0.400. The third-order valence-electron chi connectivity index (χ3n) is 3.55. The number of nitrogens with zero attached hydrogens (tertiary/aromatic N) is 2. The largest absolute Gasteiger partial charge is 0.328 e. The second-order valence-corrected chi connectivity index (χ2v) is 6.51. The van der Waals surface area contributed by atoms with Crippen molar-refractivity contribution in [2.24, 2.45) is 0 Å². The molecule has 0 aromatic carbocycles. The number of aromatic nitrogens is 2. The van der Waals surface area contributed by atoms with Crippen LogP contribution in [0, 0.1) is 0 Å². The fraction of sp³-hybridized carbons (Fsp3) is 0.833. The molecular weight excluding hydrogens is 236 g/mol. The summed E-state index contributed by atoms with van der Waals surface area (Å²) in [6.07, 6.45) is 1.64. The van der Waals surface area contributed by atoms with Crippen molar-refractivity contribution in [3.8, 4) is 0 Å². The molecule has 0 atom stereocenters. The Kier molecular flexibility index (Phi) is 3.72. The number of hydrogen-bond acceptors (Lipinski definition) is 3. The van der Waals surface area contributed by atoms with Crippen LogP contribution in [0.15, 0.2) is 9.59 Å². The van der Waals surface area contributed by atoms with Gasteiger partial charge < -0.3 is 0 Å². The van der Waals surface area contributed by atoms with E-state index in [0.717, 1.165) is 12.8 Å². The molecule has 4 nitrogen and oxygen atoms in total. The molecule has 1 aromatic heterocycles. The minimum Gasteiger partial charge on any atom is -0.262 e. The van der Waals surface area contributed by atoms with Crippen molar-refractivity contribution in [3.05, 3.63) is 20.7 Å². The van der Waals surface area contributed by atoms with Gasteiger partial charge in [-0.15, -0.1) is 0 Å². The molecule has 17 heavy (non-hydrogen) atoms. The molecule has 0 saturated carbocycles. The summed E-state index contributed by atoms with van der Waals surface area (Å²) in [6.45, 7) is 12.0. The summed E-state index contributed by atoms with van der Waals surface area (Å²) >= 11 is 1.26. The summed E-state index contributed by atoms with van der Waals surface area (Å²) in [5.74, 6) is 0. The molecule has 0 aliphatic heterocycles. The lowest BCUT2D eigenvalue weighted by Crippen LogP contribution is -2.41. The molecule has 0 spiro atoms. The summed E-state index contributed by atoms with van der Waals surface area (Å²) in [4.78, 5) is 24.0. The zero-order valence-electron chi connectivity index (χ0n) is 11.5. The van der Waals surface area contributed by atoms with Crippen LogP contribution in [0.2, 0.25) is 0 Å². The van der Waals surface area contributed by atoms with Gasteiger partial charge in [-0.2, -0.15) is 0 Å². The average molecular weight is 258 g/mol. The smallest absolute Gasteiger partial charge is 0.262 e. The Hall–Kier alpha value is -0.840. The van der Waals surface area contributed by atoms with Crippen LogP contribution in [0.1, 0.15) is 54.4 Å². The predicted molar refractivity (Wildman–Crippen MR) is 72.1 cm³/mol. The lowest BCUT2D eigenvalue weighted by Gasteiger charge is -2.25. The summed E-state index contributed by atoms with van der Waals surface area (Å²) < 4.78 is 3.21. The maximum absolute atomic E-state index is 12.0. The first-order valence-electron chi connectivity index (χ1n) is 6.04. The van der Waals surface area contributed by atoms with E-state index < -0.39 is 11.1 Å². The van der Waals surface area contributed by atoms with Gasteiger partial charge in [0.05, 0.1) is 11.1 Å². The average Bonchev–Trinajstić information content (AvgIpc) is 2.57. The van der Waals surface area contributed by atoms with Gasteiger partial charge in [-0.05, 0) is 40.5 Å². The lowest BCUT2D eigenvalue weighted by atomic mass is 10.0. The fourth-order valence-electron chi connectivity index (χ4n) is 1.39. The van der Waals surface area contributed by atoms with Gasteiger partial charge in [-0.3, -0.25) is 9.59 Å². The van der Waals surface area contributed by atoms with E-state index in [0.29, 0.717) is 0 Å². The SMILES string of the molecule is CCC(C)(C)n1sn(C(C)(C)CC)c(=O)c1=O. The zero-order valence-corrected chi connectivity index (χ0v) is 12.3. The molecule has 5 heteroatoms. The van der Waals surface area contributed by atoms with Crippen molar-refractivity contribution in [1.82, 2.24) is 7.91 Å². The third kappa shape index (κ3) is 2.39. The van der Waals surface area contributed by atoms with Gasteiger partial charge in [0.2, 0.25) is 0 Å². The Morgan fingerprint density at radius 3 is 1.41 bits per heavy atom. The molecule has 0 aliphatic rings. The summed E-state index contributed by atoms with van der Waals surface area (Å²) in [7, 11) is 0. The van der Waals surface area contributed by atoms with Gasteiger partial charge in [0.1, 0.15) is 0 Å². The van der Waals surface area contributed by atoms with Crippen molar-refractivity contribution >= 4 is 11.7 Å². The van der Waals surface area contributed by atoms with Gasteiger partial charge >= 0.3 is 11.1 Å². The molecule has 0 saturated heterocycles. The zero-order chi connectivity index (χ0) is 13.4. The van der Waals surface area contributed by atoms with Crippen LogP contribution in [0.4, 0.5) is 0 Å². The van der Waals surface area contributed by atoms with Crippen LogP contribution < -0.4 is 11.1 Å². The first kappa shape index (κ1) is 14.2. The predicted octanol–water partition coefficient (Wildman–Crippen LogP) is 2.36. The number of rotatable bonds is 4. The fourth-order valence-corrected chi connectivity index (χ4v) is 2.56. The van der Waals surface area contributed by atoms with Crippen LogP contribution in [-0.2, 0) is 11.1 Å².